The Bertz CT molecular complexity index is 742. The summed E-state index contributed by atoms with van der Waals surface area (Å²) in [5, 5.41) is 13.5. The zero-order valence-corrected chi connectivity index (χ0v) is 14.9. The molecule has 1 aliphatic rings. The minimum Gasteiger partial charge on any atom is -0.394 e. The first kappa shape index (κ1) is 18.3. The number of aromatic nitrogens is 2. The fraction of sp³-hybridized carbons (Fsp3) is 0.450. The Hall–Kier alpha value is -2.47. The largest absolute Gasteiger partial charge is 0.394 e. The summed E-state index contributed by atoms with van der Waals surface area (Å²) < 4.78 is 1.73. The molecule has 1 atom stereocenters. The van der Waals surface area contributed by atoms with Crippen molar-refractivity contribution in [1.29, 1.82) is 0 Å². The first-order valence-electron chi connectivity index (χ1n) is 9.17. The summed E-state index contributed by atoms with van der Waals surface area (Å²) in [7, 11) is 0. The maximum absolute atomic E-state index is 12.5. The van der Waals surface area contributed by atoms with E-state index < -0.39 is 0 Å². The van der Waals surface area contributed by atoms with Crippen LogP contribution in [0.15, 0.2) is 42.6 Å². The molecule has 6 nitrogen and oxygen atoms in total. The van der Waals surface area contributed by atoms with E-state index >= 15 is 0 Å². The van der Waals surface area contributed by atoms with Crippen molar-refractivity contribution >= 4 is 11.7 Å². The molecule has 1 aromatic carbocycles. The van der Waals surface area contributed by atoms with Gasteiger partial charge in [-0.2, -0.15) is 5.10 Å². The van der Waals surface area contributed by atoms with E-state index in [9.17, 15) is 9.59 Å². The Balaban J connectivity index is 1.53. The van der Waals surface area contributed by atoms with Crippen LogP contribution in [0.25, 0.3) is 0 Å². The highest BCUT2D eigenvalue weighted by Crippen LogP contribution is 2.26. The quantitative estimate of drug-likeness (QED) is 0.773. The molecule has 2 heterocycles. The average molecular weight is 355 g/mol. The molecule has 26 heavy (non-hydrogen) atoms. The number of nitrogens with zero attached hydrogens (tertiary/aromatic N) is 3. The van der Waals surface area contributed by atoms with Crippen LogP contribution < -0.4 is 0 Å². The number of amides is 1. The van der Waals surface area contributed by atoms with Gasteiger partial charge in [-0.15, -0.1) is 0 Å². The SMILES string of the molecule is O=C(CCC(=O)N1CCC[C@@H](c2ccn(CCO)n2)C1)c1ccccc1. The van der Waals surface area contributed by atoms with Gasteiger partial charge in [0.1, 0.15) is 0 Å². The first-order chi connectivity index (χ1) is 12.7. The number of aliphatic hydroxyl groups excluding tert-OH is 1. The fourth-order valence-electron chi connectivity index (χ4n) is 3.41. The monoisotopic (exact) mass is 355 g/mol. The molecule has 1 amide bonds. The van der Waals surface area contributed by atoms with E-state index in [1.807, 2.05) is 35.4 Å². The predicted octanol–water partition coefficient (Wildman–Crippen LogP) is 2.24. The van der Waals surface area contributed by atoms with Gasteiger partial charge in [-0.3, -0.25) is 14.3 Å². The van der Waals surface area contributed by atoms with E-state index in [0.29, 0.717) is 18.7 Å². The van der Waals surface area contributed by atoms with E-state index in [4.69, 9.17) is 5.11 Å². The van der Waals surface area contributed by atoms with E-state index in [-0.39, 0.29) is 37.1 Å². The maximum atomic E-state index is 12.5. The highest BCUT2D eigenvalue weighted by molar-refractivity contribution is 5.97. The molecule has 0 spiro atoms. The molecule has 0 saturated carbocycles. The van der Waals surface area contributed by atoms with Gasteiger partial charge in [0.2, 0.25) is 5.91 Å². The van der Waals surface area contributed by atoms with Crippen molar-refractivity contribution in [3.63, 3.8) is 0 Å². The van der Waals surface area contributed by atoms with Gasteiger partial charge in [-0.05, 0) is 18.9 Å². The summed E-state index contributed by atoms with van der Waals surface area (Å²) in [5.74, 6) is 0.265. The molecule has 0 unspecified atom stereocenters. The predicted molar refractivity (Wildman–Crippen MR) is 97.9 cm³/mol. The second-order valence-corrected chi connectivity index (χ2v) is 6.70. The van der Waals surface area contributed by atoms with Gasteiger partial charge in [-0.1, -0.05) is 30.3 Å². The summed E-state index contributed by atoms with van der Waals surface area (Å²) >= 11 is 0. The van der Waals surface area contributed by atoms with Crippen molar-refractivity contribution in [3.8, 4) is 0 Å². The van der Waals surface area contributed by atoms with E-state index in [1.165, 1.54) is 0 Å². The zero-order valence-electron chi connectivity index (χ0n) is 14.9. The van der Waals surface area contributed by atoms with Crippen molar-refractivity contribution in [3.05, 3.63) is 53.9 Å². The third kappa shape index (κ3) is 4.58. The minimum atomic E-state index is 0.00950. The van der Waals surface area contributed by atoms with E-state index in [1.54, 1.807) is 16.8 Å². The van der Waals surface area contributed by atoms with Crippen LogP contribution in [0.2, 0.25) is 0 Å². The van der Waals surface area contributed by atoms with Gasteiger partial charge >= 0.3 is 0 Å². The van der Waals surface area contributed by atoms with Crippen molar-refractivity contribution in [2.45, 2.75) is 38.1 Å². The van der Waals surface area contributed by atoms with Crippen LogP contribution in [0.3, 0.4) is 0 Å². The van der Waals surface area contributed by atoms with Gasteiger partial charge in [0.25, 0.3) is 0 Å². The Morgan fingerprint density at radius 1 is 1.15 bits per heavy atom. The van der Waals surface area contributed by atoms with Crippen LogP contribution in [-0.2, 0) is 11.3 Å². The van der Waals surface area contributed by atoms with Gasteiger partial charge in [0.05, 0.1) is 18.8 Å². The first-order valence-corrected chi connectivity index (χ1v) is 9.17. The van der Waals surface area contributed by atoms with Crippen LogP contribution >= 0.6 is 0 Å². The van der Waals surface area contributed by atoms with Crippen molar-refractivity contribution in [2.24, 2.45) is 0 Å². The third-order valence-electron chi connectivity index (χ3n) is 4.84. The third-order valence-corrected chi connectivity index (χ3v) is 4.84. The molecule has 1 N–H and O–H groups in total. The second kappa shape index (κ2) is 8.76. The molecule has 6 heteroatoms. The molecule has 1 aliphatic heterocycles. The molecule has 0 aliphatic carbocycles. The Morgan fingerprint density at radius 2 is 1.96 bits per heavy atom. The number of piperidine rings is 1. The normalized spacial score (nSPS) is 17.3. The summed E-state index contributed by atoms with van der Waals surface area (Å²) in [6.07, 6.45) is 4.30. The number of benzene rings is 1. The van der Waals surface area contributed by atoms with Crippen LogP contribution in [-0.4, -0.2) is 51.2 Å². The smallest absolute Gasteiger partial charge is 0.223 e. The lowest BCUT2D eigenvalue weighted by atomic mass is 9.94. The molecule has 1 aromatic heterocycles. The van der Waals surface area contributed by atoms with Crippen LogP contribution in [0.5, 0.6) is 0 Å². The van der Waals surface area contributed by atoms with Crippen LogP contribution in [0.1, 0.15) is 47.7 Å². The average Bonchev–Trinajstić information content (AvgIpc) is 3.15. The second-order valence-electron chi connectivity index (χ2n) is 6.70. The highest BCUT2D eigenvalue weighted by Gasteiger charge is 2.26. The van der Waals surface area contributed by atoms with Gasteiger partial charge in [0, 0.05) is 43.6 Å². The standard InChI is InChI=1S/C20H25N3O3/c24-14-13-23-12-10-18(21-23)17-7-4-11-22(15-17)20(26)9-8-19(25)16-5-2-1-3-6-16/h1-3,5-6,10,12,17,24H,4,7-9,11,13-15H2/t17-/m1/s1. The topological polar surface area (TPSA) is 75.4 Å². The molecule has 1 fully saturated rings. The molecular formula is C20H25N3O3. The van der Waals surface area contributed by atoms with Crippen LogP contribution in [0.4, 0.5) is 0 Å². The summed E-state index contributed by atoms with van der Waals surface area (Å²) in [6.45, 7) is 1.93. The summed E-state index contributed by atoms with van der Waals surface area (Å²) in [4.78, 5) is 26.6. The Kier molecular flexibility index (Phi) is 6.17. The van der Waals surface area contributed by atoms with Crippen LogP contribution in [0, 0.1) is 0 Å². The number of likely N-dealkylation sites (tertiary alicyclic amines) is 1. The number of rotatable bonds is 7. The maximum Gasteiger partial charge on any atom is 0.223 e. The fourth-order valence-corrected chi connectivity index (χ4v) is 3.41. The summed E-state index contributed by atoms with van der Waals surface area (Å²) in [6, 6.07) is 11.1. The number of hydrogen-bond donors (Lipinski definition) is 1. The molecule has 1 saturated heterocycles. The van der Waals surface area contributed by atoms with Crippen molar-refractivity contribution in [1.82, 2.24) is 14.7 Å². The molecule has 138 valence electrons. The number of carbonyl (C=O) groups excluding carboxylic acids is 2. The highest BCUT2D eigenvalue weighted by atomic mass is 16.3. The Labute approximate surface area is 153 Å². The van der Waals surface area contributed by atoms with Gasteiger partial charge in [-0.25, -0.2) is 0 Å². The number of Topliss-reactive ketones (excluding diaryl/α,β-unsaturated/α-hetero) is 1. The lowest BCUT2D eigenvalue weighted by Gasteiger charge is -2.32. The molecule has 0 bridgehead atoms. The number of aliphatic hydroxyl groups is 1. The molecule has 0 radical (unpaired) electrons. The molecule has 2 aromatic rings. The number of ketones is 1. The minimum absolute atomic E-state index is 0.00950. The number of hydrogen-bond acceptors (Lipinski definition) is 4. The van der Waals surface area contributed by atoms with E-state index in [0.717, 1.165) is 25.1 Å². The Morgan fingerprint density at radius 3 is 2.73 bits per heavy atom. The van der Waals surface area contributed by atoms with Crippen molar-refractivity contribution < 1.29 is 14.7 Å². The lowest BCUT2D eigenvalue weighted by molar-refractivity contribution is -0.132. The van der Waals surface area contributed by atoms with E-state index in [2.05, 4.69) is 5.10 Å². The lowest BCUT2D eigenvalue weighted by Crippen LogP contribution is -2.39. The molecule has 3 rings (SSSR count). The van der Waals surface area contributed by atoms with Crippen molar-refractivity contribution in [2.75, 3.05) is 19.7 Å². The molecular weight excluding hydrogens is 330 g/mol. The summed E-state index contributed by atoms with van der Waals surface area (Å²) in [5.41, 5.74) is 1.63. The van der Waals surface area contributed by atoms with Gasteiger partial charge < -0.3 is 10.0 Å². The zero-order chi connectivity index (χ0) is 18.4. The van der Waals surface area contributed by atoms with Gasteiger partial charge in [0.15, 0.2) is 5.78 Å². The number of carbonyl (C=O) groups is 2.